The minimum atomic E-state index is -4.83. The normalized spacial score (nSPS) is 12.8. The van der Waals surface area contributed by atoms with Crippen molar-refractivity contribution in [1.82, 2.24) is 4.90 Å². The van der Waals surface area contributed by atoms with Crippen molar-refractivity contribution in [2.45, 2.75) is 25.2 Å². The Morgan fingerprint density at radius 2 is 1.92 bits per heavy atom. The second kappa shape index (κ2) is 8.57. The lowest BCUT2D eigenvalue weighted by Crippen LogP contribution is -2.44. The van der Waals surface area contributed by atoms with E-state index in [1.807, 2.05) is 0 Å². The molecular formula is C17H18ClF3N2O3. The number of carbonyl (C=O) groups excluding carboxylic acids is 1. The molecule has 0 radical (unpaired) electrons. The van der Waals surface area contributed by atoms with E-state index >= 15 is 0 Å². The maximum absolute atomic E-state index is 12.7. The van der Waals surface area contributed by atoms with Crippen molar-refractivity contribution in [3.05, 3.63) is 58.5 Å². The van der Waals surface area contributed by atoms with E-state index in [9.17, 15) is 23.1 Å². The summed E-state index contributed by atoms with van der Waals surface area (Å²) in [7, 11) is 0. The van der Waals surface area contributed by atoms with Crippen molar-refractivity contribution < 1.29 is 27.5 Å². The molecule has 1 atom stereocenters. The second-order valence-electron chi connectivity index (χ2n) is 5.66. The Bertz CT molecular complexity index is 732. The smallest absolute Gasteiger partial charge is 0.416 e. The number of furan rings is 1. The lowest BCUT2D eigenvalue weighted by molar-refractivity contribution is -0.206. The summed E-state index contributed by atoms with van der Waals surface area (Å²) in [5.74, 6) is -0.884. The van der Waals surface area contributed by atoms with Gasteiger partial charge in [-0.25, -0.2) is 0 Å². The number of rotatable bonds is 7. The number of carbonyl (C=O) groups is 1. The quantitative estimate of drug-likeness (QED) is 0.761. The third-order valence-corrected chi connectivity index (χ3v) is 4.05. The molecule has 1 amide bonds. The second-order valence-corrected chi connectivity index (χ2v) is 6.10. The molecule has 0 spiro atoms. The fourth-order valence-electron chi connectivity index (χ4n) is 2.33. The summed E-state index contributed by atoms with van der Waals surface area (Å²) in [5.41, 5.74) is 6.68. The SMILES string of the molecule is NCc1ccoc1C(=O)N(CCc1ccc(Cl)cc1)CC(O)C(F)(F)F. The topological polar surface area (TPSA) is 79.7 Å². The van der Waals surface area contributed by atoms with E-state index in [-0.39, 0.29) is 25.3 Å². The number of halogens is 4. The summed E-state index contributed by atoms with van der Waals surface area (Å²) in [6, 6.07) is 8.19. The summed E-state index contributed by atoms with van der Waals surface area (Å²) in [6.07, 6.45) is -5.97. The first-order chi connectivity index (χ1) is 12.2. The van der Waals surface area contributed by atoms with Gasteiger partial charge in [0.2, 0.25) is 0 Å². The van der Waals surface area contributed by atoms with Crippen molar-refractivity contribution in [3.63, 3.8) is 0 Å². The Labute approximate surface area is 153 Å². The van der Waals surface area contributed by atoms with E-state index in [0.717, 1.165) is 10.5 Å². The van der Waals surface area contributed by atoms with E-state index in [1.54, 1.807) is 24.3 Å². The number of nitrogens with two attached hydrogens (primary N) is 1. The van der Waals surface area contributed by atoms with Crippen molar-refractivity contribution >= 4 is 17.5 Å². The molecule has 0 bridgehead atoms. The van der Waals surface area contributed by atoms with Gasteiger partial charge >= 0.3 is 6.18 Å². The van der Waals surface area contributed by atoms with Crippen molar-refractivity contribution in [3.8, 4) is 0 Å². The van der Waals surface area contributed by atoms with Crippen LogP contribution in [0.1, 0.15) is 21.7 Å². The van der Waals surface area contributed by atoms with Crippen LogP contribution in [0.5, 0.6) is 0 Å². The molecule has 0 aliphatic carbocycles. The number of aliphatic hydroxyl groups is 1. The maximum atomic E-state index is 12.7. The van der Waals surface area contributed by atoms with Crippen LogP contribution < -0.4 is 5.73 Å². The van der Waals surface area contributed by atoms with Crippen molar-refractivity contribution in [2.24, 2.45) is 5.73 Å². The molecule has 0 aliphatic heterocycles. The number of alkyl halides is 3. The number of benzene rings is 1. The largest absolute Gasteiger partial charge is 0.459 e. The zero-order valence-corrected chi connectivity index (χ0v) is 14.4. The summed E-state index contributed by atoms with van der Waals surface area (Å²) < 4.78 is 43.2. The summed E-state index contributed by atoms with van der Waals surface area (Å²) in [5, 5.41) is 9.90. The molecule has 1 unspecified atom stereocenters. The summed E-state index contributed by atoms with van der Waals surface area (Å²) in [6.45, 7) is -0.941. The highest BCUT2D eigenvalue weighted by Crippen LogP contribution is 2.22. The van der Waals surface area contributed by atoms with Crippen LogP contribution in [0.25, 0.3) is 0 Å². The third-order valence-electron chi connectivity index (χ3n) is 3.80. The minimum Gasteiger partial charge on any atom is -0.459 e. The zero-order valence-electron chi connectivity index (χ0n) is 13.7. The van der Waals surface area contributed by atoms with E-state index < -0.39 is 24.7 Å². The molecule has 3 N–H and O–H groups in total. The fraction of sp³-hybridized carbons (Fsp3) is 0.353. The molecule has 2 aromatic rings. The highest BCUT2D eigenvalue weighted by atomic mass is 35.5. The summed E-state index contributed by atoms with van der Waals surface area (Å²) >= 11 is 5.80. The molecule has 142 valence electrons. The number of hydrogen-bond acceptors (Lipinski definition) is 4. The van der Waals surface area contributed by atoms with Gasteiger partial charge in [-0.1, -0.05) is 23.7 Å². The van der Waals surface area contributed by atoms with Gasteiger partial charge in [0.05, 0.1) is 12.8 Å². The van der Waals surface area contributed by atoms with Crippen molar-refractivity contribution in [1.29, 1.82) is 0 Å². The van der Waals surface area contributed by atoms with Crippen LogP contribution in [-0.4, -0.2) is 41.3 Å². The average Bonchev–Trinajstić information content (AvgIpc) is 3.07. The zero-order chi connectivity index (χ0) is 19.3. The standard InChI is InChI=1S/C17H18ClF3N2O3/c18-13-3-1-11(2-4-13)5-7-23(10-14(24)17(19,20)21)16(25)15-12(9-22)6-8-26-15/h1-4,6,8,14,24H,5,7,9-10,22H2. The Hall–Kier alpha value is -2.03. The van der Waals surface area contributed by atoms with Gasteiger partial charge < -0.3 is 20.2 Å². The van der Waals surface area contributed by atoms with E-state index in [2.05, 4.69) is 0 Å². The van der Waals surface area contributed by atoms with Gasteiger partial charge in [-0.3, -0.25) is 4.79 Å². The monoisotopic (exact) mass is 390 g/mol. The lowest BCUT2D eigenvalue weighted by Gasteiger charge is -2.26. The third kappa shape index (κ3) is 5.23. The molecule has 0 saturated heterocycles. The van der Waals surface area contributed by atoms with Crippen LogP contribution in [0.3, 0.4) is 0 Å². The van der Waals surface area contributed by atoms with Crippen LogP contribution in [-0.2, 0) is 13.0 Å². The molecule has 5 nitrogen and oxygen atoms in total. The number of hydrogen-bond donors (Lipinski definition) is 2. The molecule has 0 saturated carbocycles. The van der Waals surface area contributed by atoms with Gasteiger partial charge in [0.15, 0.2) is 11.9 Å². The van der Waals surface area contributed by atoms with Crippen LogP contribution in [0.2, 0.25) is 5.02 Å². The molecular weight excluding hydrogens is 373 g/mol. The lowest BCUT2D eigenvalue weighted by atomic mass is 10.1. The molecule has 1 heterocycles. The molecule has 2 rings (SSSR count). The Balaban J connectivity index is 2.17. The van der Waals surface area contributed by atoms with Gasteiger partial charge in [0.1, 0.15) is 0 Å². The molecule has 9 heteroatoms. The Kier molecular flexibility index (Phi) is 6.69. The molecule has 0 fully saturated rings. The first-order valence-corrected chi connectivity index (χ1v) is 8.15. The predicted octanol–water partition coefficient (Wildman–Crippen LogP) is 3.00. The molecule has 1 aromatic carbocycles. The van der Waals surface area contributed by atoms with Crippen LogP contribution >= 0.6 is 11.6 Å². The van der Waals surface area contributed by atoms with Crippen LogP contribution in [0, 0.1) is 0 Å². The number of amides is 1. The van der Waals surface area contributed by atoms with Gasteiger partial charge in [0, 0.05) is 23.7 Å². The first kappa shape index (κ1) is 20.3. The number of aliphatic hydroxyl groups excluding tert-OH is 1. The Morgan fingerprint density at radius 1 is 1.27 bits per heavy atom. The van der Waals surface area contributed by atoms with Gasteiger partial charge in [0.25, 0.3) is 5.91 Å². The average molecular weight is 391 g/mol. The highest BCUT2D eigenvalue weighted by molar-refractivity contribution is 6.30. The first-order valence-electron chi connectivity index (χ1n) is 7.77. The van der Waals surface area contributed by atoms with Crippen LogP contribution in [0.15, 0.2) is 41.0 Å². The van der Waals surface area contributed by atoms with Gasteiger partial charge in [-0.15, -0.1) is 0 Å². The molecule has 1 aromatic heterocycles. The number of nitrogens with zero attached hydrogens (tertiary/aromatic N) is 1. The molecule has 0 aliphatic rings. The maximum Gasteiger partial charge on any atom is 0.416 e. The van der Waals surface area contributed by atoms with E-state index in [4.69, 9.17) is 21.8 Å². The summed E-state index contributed by atoms with van der Waals surface area (Å²) in [4.78, 5) is 13.5. The van der Waals surface area contributed by atoms with Crippen LogP contribution in [0.4, 0.5) is 13.2 Å². The minimum absolute atomic E-state index is 0.00439. The Morgan fingerprint density at radius 3 is 2.50 bits per heavy atom. The predicted molar refractivity (Wildman–Crippen MR) is 89.7 cm³/mol. The highest BCUT2D eigenvalue weighted by Gasteiger charge is 2.40. The van der Waals surface area contributed by atoms with E-state index in [1.165, 1.54) is 12.3 Å². The van der Waals surface area contributed by atoms with Gasteiger partial charge in [-0.2, -0.15) is 13.2 Å². The molecule has 26 heavy (non-hydrogen) atoms. The van der Waals surface area contributed by atoms with Crippen molar-refractivity contribution in [2.75, 3.05) is 13.1 Å². The van der Waals surface area contributed by atoms with Gasteiger partial charge in [-0.05, 0) is 30.2 Å². The van der Waals surface area contributed by atoms with E-state index in [0.29, 0.717) is 10.6 Å². The fourth-order valence-corrected chi connectivity index (χ4v) is 2.46.